The normalized spacial score (nSPS) is 12.7. The number of rotatable bonds is 5. The van der Waals surface area contributed by atoms with Crippen LogP contribution in [0.4, 0.5) is 13.2 Å². The fourth-order valence-electron chi connectivity index (χ4n) is 2.67. The molecule has 0 heterocycles. The molecule has 3 aromatic carbocycles. The Balaban J connectivity index is 1.82. The summed E-state index contributed by atoms with van der Waals surface area (Å²) >= 11 is 0. The number of alkyl halides is 3. The van der Waals surface area contributed by atoms with E-state index in [0.29, 0.717) is 5.75 Å². The Morgan fingerprint density at radius 2 is 1.69 bits per heavy atom. The lowest BCUT2D eigenvalue weighted by Gasteiger charge is -2.16. The van der Waals surface area contributed by atoms with Gasteiger partial charge in [-0.3, -0.25) is 0 Å². The van der Waals surface area contributed by atoms with Crippen molar-refractivity contribution in [2.45, 2.75) is 18.7 Å². The molecule has 6 heteroatoms. The van der Waals surface area contributed by atoms with Crippen LogP contribution in [0, 0.1) is 0 Å². The lowest BCUT2D eigenvalue weighted by atomic mass is 10.0. The third-order valence-electron chi connectivity index (χ3n) is 3.95. The van der Waals surface area contributed by atoms with Crippen molar-refractivity contribution in [1.29, 1.82) is 0 Å². The van der Waals surface area contributed by atoms with Crippen LogP contribution in [0.5, 0.6) is 5.75 Å². The molecule has 0 bridgehead atoms. The predicted molar refractivity (Wildman–Crippen MR) is 91.1 cm³/mol. The summed E-state index contributed by atoms with van der Waals surface area (Å²) in [5.74, 6) is -0.890. The van der Waals surface area contributed by atoms with E-state index >= 15 is 0 Å². The molecule has 134 valence electrons. The fourth-order valence-corrected chi connectivity index (χ4v) is 2.67. The van der Waals surface area contributed by atoms with Gasteiger partial charge in [0, 0.05) is 6.42 Å². The van der Waals surface area contributed by atoms with Crippen LogP contribution in [-0.2, 0) is 17.4 Å². The number of benzene rings is 3. The molecule has 0 radical (unpaired) electrons. The summed E-state index contributed by atoms with van der Waals surface area (Å²) in [4.78, 5) is 11.5. The smallest absolute Gasteiger partial charge is 0.416 e. The number of fused-ring (bicyclic) bond motifs is 1. The highest BCUT2D eigenvalue weighted by atomic mass is 19.4. The van der Waals surface area contributed by atoms with Crippen LogP contribution in [0.2, 0.25) is 0 Å². The summed E-state index contributed by atoms with van der Waals surface area (Å²) in [6.45, 7) is 0. The molecule has 0 saturated carbocycles. The summed E-state index contributed by atoms with van der Waals surface area (Å²) in [6.07, 6.45) is -5.94. The zero-order valence-corrected chi connectivity index (χ0v) is 13.5. The zero-order chi connectivity index (χ0) is 18.7. The van der Waals surface area contributed by atoms with Crippen molar-refractivity contribution in [2.75, 3.05) is 0 Å². The van der Waals surface area contributed by atoms with Gasteiger partial charge in [0.2, 0.25) is 0 Å². The van der Waals surface area contributed by atoms with Crippen molar-refractivity contribution in [2.24, 2.45) is 0 Å². The van der Waals surface area contributed by atoms with E-state index in [1.54, 1.807) is 18.2 Å². The molecular weight excluding hydrogens is 345 g/mol. The number of carbonyl (C=O) groups is 1. The number of hydrogen-bond acceptors (Lipinski definition) is 2. The predicted octanol–water partition coefficient (Wildman–Crippen LogP) is 4.93. The molecule has 0 aromatic heterocycles. The second kappa shape index (κ2) is 7.07. The summed E-state index contributed by atoms with van der Waals surface area (Å²) < 4.78 is 44.0. The van der Waals surface area contributed by atoms with Crippen molar-refractivity contribution in [1.82, 2.24) is 0 Å². The Labute approximate surface area is 147 Å². The minimum absolute atomic E-state index is 0.175. The monoisotopic (exact) mass is 360 g/mol. The molecule has 0 fully saturated rings. The highest BCUT2D eigenvalue weighted by Crippen LogP contribution is 2.30. The van der Waals surface area contributed by atoms with E-state index in [1.807, 2.05) is 24.3 Å². The first kappa shape index (κ1) is 17.8. The molecule has 0 amide bonds. The fraction of sp³-hybridized carbons (Fsp3) is 0.150. The summed E-state index contributed by atoms with van der Waals surface area (Å²) in [5.41, 5.74) is -0.571. The average molecular weight is 360 g/mol. The van der Waals surface area contributed by atoms with Crippen molar-refractivity contribution in [3.05, 3.63) is 77.9 Å². The number of halogens is 3. The van der Waals surface area contributed by atoms with Gasteiger partial charge in [-0.25, -0.2) is 4.79 Å². The number of aliphatic carboxylic acids is 1. The number of hydrogen-bond donors (Lipinski definition) is 1. The largest absolute Gasteiger partial charge is 0.478 e. The van der Waals surface area contributed by atoms with Gasteiger partial charge in [0.25, 0.3) is 0 Å². The zero-order valence-electron chi connectivity index (χ0n) is 13.5. The molecule has 0 aliphatic heterocycles. The van der Waals surface area contributed by atoms with Crippen LogP contribution < -0.4 is 4.74 Å². The minimum Gasteiger partial charge on any atom is -0.478 e. The van der Waals surface area contributed by atoms with E-state index in [4.69, 9.17) is 4.74 Å². The molecule has 0 aliphatic rings. The van der Waals surface area contributed by atoms with Crippen molar-refractivity contribution in [3.8, 4) is 5.75 Å². The van der Waals surface area contributed by atoms with Crippen molar-refractivity contribution >= 4 is 16.7 Å². The maximum Gasteiger partial charge on any atom is 0.416 e. The molecular formula is C20H15F3O3. The minimum atomic E-state index is -4.48. The second-order valence-electron chi connectivity index (χ2n) is 5.86. The lowest BCUT2D eigenvalue weighted by molar-refractivity contribution is -0.145. The Hall–Kier alpha value is -3.02. The third-order valence-corrected chi connectivity index (χ3v) is 3.95. The Kier molecular flexibility index (Phi) is 4.84. The van der Waals surface area contributed by atoms with Crippen LogP contribution in [-0.4, -0.2) is 17.2 Å². The first-order valence-electron chi connectivity index (χ1n) is 7.87. The van der Waals surface area contributed by atoms with E-state index in [0.717, 1.165) is 22.9 Å². The molecule has 3 nitrogen and oxygen atoms in total. The summed E-state index contributed by atoms with van der Waals surface area (Å²) in [7, 11) is 0. The van der Waals surface area contributed by atoms with Gasteiger partial charge in [-0.2, -0.15) is 13.2 Å². The quantitative estimate of drug-likeness (QED) is 0.701. The number of carboxylic acid groups (broad SMARTS) is 1. The molecule has 0 saturated heterocycles. The molecule has 0 aliphatic carbocycles. The molecule has 3 rings (SSSR count). The second-order valence-corrected chi connectivity index (χ2v) is 5.86. The molecule has 1 atom stereocenters. The highest BCUT2D eigenvalue weighted by molar-refractivity contribution is 5.84. The van der Waals surface area contributed by atoms with Gasteiger partial charge in [0.15, 0.2) is 6.10 Å². The summed E-state index contributed by atoms with van der Waals surface area (Å²) in [5, 5.41) is 11.3. The topological polar surface area (TPSA) is 46.5 Å². The first-order chi connectivity index (χ1) is 12.3. The Morgan fingerprint density at radius 1 is 0.962 bits per heavy atom. The summed E-state index contributed by atoms with van der Waals surface area (Å²) in [6, 6.07) is 17.3. The van der Waals surface area contributed by atoms with Gasteiger partial charge in [-0.15, -0.1) is 0 Å². The van der Waals surface area contributed by atoms with Crippen LogP contribution in [0.1, 0.15) is 11.1 Å². The molecule has 0 spiro atoms. The maximum atomic E-state index is 12.8. The molecule has 3 aromatic rings. The molecule has 0 unspecified atom stereocenters. The van der Waals surface area contributed by atoms with Crippen LogP contribution in [0.15, 0.2) is 66.7 Å². The van der Waals surface area contributed by atoms with E-state index < -0.39 is 23.8 Å². The highest BCUT2D eigenvalue weighted by Gasteiger charge is 2.31. The van der Waals surface area contributed by atoms with Crippen LogP contribution in [0.3, 0.4) is 0 Å². The standard InChI is InChI=1S/C20H15F3O3/c21-20(22,23)16-7-3-4-13(10-16)11-18(19(24)25)26-17-9-8-14-5-1-2-6-15(14)12-17/h1-10,12,18H,11H2,(H,24,25)/t18-/m0/s1. The van der Waals surface area contributed by atoms with Crippen LogP contribution in [0.25, 0.3) is 10.8 Å². The van der Waals surface area contributed by atoms with Crippen molar-refractivity contribution < 1.29 is 27.8 Å². The van der Waals surface area contributed by atoms with Gasteiger partial charge in [0.1, 0.15) is 5.75 Å². The van der Waals surface area contributed by atoms with Crippen molar-refractivity contribution in [3.63, 3.8) is 0 Å². The number of carboxylic acids is 1. The van der Waals surface area contributed by atoms with E-state index in [2.05, 4.69) is 0 Å². The number of ether oxygens (including phenoxy) is 1. The van der Waals surface area contributed by atoms with Gasteiger partial charge < -0.3 is 9.84 Å². The van der Waals surface area contributed by atoms with Gasteiger partial charge >= 0.3 is 12.1 Å². The SMILES string of the molecule is O=C(O)[C@H](Cc1cccc(C(F)(F)F)c1)Oc1ccc2ccccc2c1. The lowest BCUT2D eigenvalue weighted by Crippen LogP contribution is -2.29. The Bertz CT molecular complexity index is 935. The van der Waals surface area contributed by atoms with E-state index in [-0.39, 0.29) is 12.0 Å². The van der Waals surface area contributed by atoms with E-state index in [9.17, 15) is 23.1 Å². The molecule has 1 N–H and O–H groups in total. The van der Waals surface area contributed by atoms with Gasteiger partial charge in [-0.05, 0) is 34.5 Å². The molecule has 26 heavy (non-hydrogen) atoms. The average Bonchev–Trinajstić information content (AvgIpc) is 2.60. The van der Waals surface area contributed by atoms with Gasteiger partial charge in [-0.1, -0.05) is 48.5 Å². The van der Waals surface area contributed by atoms with Crippen LogP contribution >= 0.6 is 0 Å². The Morgan fingerprint density at radius 3 is 2.38 bits per heavy atom. The third kappa shape index (κ3) is 4.14. The van der Waals surface area contributed by atoms with E-state index in [1.165, 1.54) is 12.1 Å². The van der Waals surface area contributed by atoms with Gasteiger partial charge in [0.05, 0.1) is 5.56 Å². The maximum absolute atomic E-state index is 12.8. The first-order valence-corrected chi connectivity index (χ1v) is 7.87.